The first-order chi connectivity index (χ1) is 11.3. The largest absolute Gasteiger partial charge is 0.302 e. The van der Waals surface area contributed by atoms with E-state index in [1.807, 2.05) is 0 Å². The predicted octanol–water partition coefficient (Wildman–Crippen LogP) is 4.36. The van der Waals surface area contributed by atoms with Crippen LogP contribution >= 0.6 is 11.6 Å². The summed E-state index contributed by atoms with van der Waals surface area (Å²) in [4.78, 5) is 23.8. The Hall–Kier alpha value is -2.80. The predicted molar refractivity (Wildman–Crippen MR) is 86.3 cm³/mol. The third kappa shape index (κ3) is 3.57. The second-order valence-corrected chi connectivity index (χ2v) is 5.13. The Morgan fingerprint density at radius 2 is 2.00 bits per heavy atom. The minimum Gasteiger partial charge on any atom is -0.302 e. The Bertz CT molecular complexity index is 827. The van der Waals surface area contributed by atoms with Gasteiger partial charge >= 0.3 is 0 Å². The van der Waals surface area contributed by atoms with Crippen molar-refractivity contribution in [2.24, 2.45) is 0 Å². The topological polar surface area (TPSA) is 63.5 Å². The summed E-state index contributed by atoms with van der Waals surface area (Å²) in [5.41, 5.74) is -0.693. The molecule has 0 aliphatic carbocycles. The molecule has 0 unspecified atom stereocenters. The van der Waals surface area contributed by atoms with Crippen molar-refractivity contribution in [2.45, 2.75) is 0 Å². The average Bonchev–Trinajstić information content (AvgIpc) is 2.53. The van der Waals surface area contributed by atoms with Gasteiger partial charge in [-0.2, -0.15) is 0 Å². The smallest absolute Gasteiger partial charge is 0.270 e. The summed E-state index contributed by atoms with van der Waals surface area (Å²) in [7, 11) is 0. The standard InChI is InChI=1S/C16H11ClF2N2O3/c1-2-7-20(15-6-3-10(18)8-14(15)19)16(22)12-9-11(21(23)24)4-5-13(12)17/h2-6,8-9H,1,7H2. The molecule has 0 N–H and O–H groups in total. The quantitative estimate of drug-likeness (QED) is 0.456. The van der Waals surface area contributed by atoms with Crippen LogP contribution in [0.25, 0.3) is 0 Å². The lowest BCUT2D eigenvalue weighted by atomic mass is 10.1. The van der Waals surface area contributed by atoms with E-state index in [0.29, 0.717) is 6.07 Å². The molecule has 1 amide bonds. The van der Waals surface area contributed by atoms with Crippen LogP contribution in [0.2, 0.25) is 5.02 Å². The van der Waals surface area contributed by atoms with Crippen molar-refractivity contribution in [1.82, 2.24) is 0 Å². The van der Waals surface area contributed by atoms with Crippen LogP contribution < -0.4 is 4.90 Å². The number of carbonyl (C=O) groups excluding carboxylic acids is 1. The van der Waals surface area contributed by atoms with Crippen LogP contribution in [-0.4, -0.2) is 17.4 Å². The molecule has 2 aromatic rings. The monoisotopic (exact) mass is 352 g/mol. The fourth-order valence-corrected chi connectivity index (χ4v) is 2.25. The van der Waals surface area contributed by atoms with Crippen molar-refractivity contribution >= 4 is 28.9 Å². The maximum Gasteiger partial charge on any atom is 0.270 e. The van der Waals surface area contributed by atoms with Crippen molar-refractivity contribution in [3.05, 3.63) is 81.4 Å². The van der Waals surface area contributed by atoms with Crippen LogP contribution in [0, 0.1) is 21.7 Å². The number of rotatable bonds is 5. The van der Waals surface area contributed by atoms with E-state index in [-0.39, 0.29) is 28.5 Å². The van der Waals surface area contributed by atoms with E-state index in [1.54, 1.807) is 0 Å². The van der Waals surface area contributed by atoms with Crippen molar-refractivity contribution in [3.63, 3.8) is 0 Å². The van der Waals surface area contributed by atoms with Crippen LogP contribution in [0.3, 0.4) is 0 Å². The van der Waals surface area contributed by atoms with Crippen LogP contribution in [0.15, 0.2) is 49.1 Å². The number of nitrogens with zero attached hydrogens (tertiary/aromatic N) is 2. The molecule has 0 atom stereocenters. The number of carbonyl (C=O) groups is 1. The minimum atomic E-state index is -0.952. The van der Waals surface area contributed by atoms with Gasteiger partial charge in [-0.15, -0.1) is 6.58 Å². The number of hydrogen-bond acceptors (Lipinski definition) is 3. The van der Waals surface area contributed by atoms with E-state index in [0.717, 1.165) is 29.2 Å². The highest BCUT2D eigenvalue weighted by Gasteiger charge is 2.24. The fraction of sp³-hybridized carbons (Fsp3) is 0.0625. The van der Waals surface area contributed by atoms with E-state index in [1.165, 1.54) is 12.1 Å². The Labute approximate surface area is 140 Å². The molecule has 0 radical (unpaired) electrons. The minimum absolute atomic E-state index is 0.0258. The van der Waals surface area contributed by atoms with Gasteiger partial charge in [0, 0.05) is 24.7 Å². The van der Waals surface area contributed by atoms with E-state index in [9.17, 15) is 23.7 Å². The Morgan fingerprint density at radius 1 is 1.29 bits per heavy atom. The molecule has 2 aromatic carbocycles. The van der Waals surface area contributed by atoms with Gasteiger partial charge in [-0.3, -0.25) is 14.9 Å². The molecule has 0 aromatic heterocycles. The summed E-state index contributed by atoms with van der Waals surface area (Å²) in [5, 5.41) is 10.8. The first-order valence-electron chi connectivity index (χ1n) is 6.67. The van der Waals surface area contributed by atoms with Gasteiger partial charge in [0.15, 0.2) is 0 Å². The lowest BCUT2D eigenvalue weighted by Gasteiger charge is -2.22. The Balaban J connectivity index is 2.52. The Morgan fingerprint density at radius 3 is 2.58 bits per heavy atom. The molecule has 0 saturated carbocycles. The van der Waals surface area contributed by atoms with Gasteiger partial charge in [0.1, 0.15) is 11.6 Å². The van der Waals surface area contributed by atoms with Gasteiger partial charge in [0.2, 0.25) is 0 Å². The highest BCUT2D eigenvalue weighted by molar-refractivity contribution is 6.34. The van der Waals surface area contributed by atoms with Gasteiger partial charge in [0.25, 0.3) is 11.6 Å². The van der Waals surface area contributed by atoms with Gasteiger partial charge in [0.05, 0.1) is 21.2 Å². The van der Waals surface area contributed by atoms with Crippen LogP contribution in [0.5, 0.6) is 0 Å². The molecule has 0 fully saturated rings. The molecule has 2 rings (SSSR count). The molecule has 5 nitrogen and oxygen atoms in total. The zero-order valence-corrected chi connectivity index (χ0v) is 13.0. The molecule has 0 aliphatic rings. The molecular weight excluding hydrogens is 342 g/mol. The number of hydrogen-bond donors (Lipinski definition) is 0. The van der Waals surface area contributed by atoms with Crippen LogP contribution in [-0.2, 0) is 0 Å². The molecule has 0 aliphatic heterocycles. The first-order valence-corrected chi connectivity index (χ1v) is 7.04. The summed E-state index contributed by atoms with van der Waals surface area (Å²) in [6.07, 6.45) is 1.34. The molecule has 0 spiro atoms. The fourth-order valence-electron chi connectivity index (χ4n) is 2.06. The van der Waals surface area contributed by atoms with E-state index in [4.69, 9.17) is 11.6 Å². The zero-order valence-electron chi connectivity index (χ0n) is 12.2. The molecule has 8 heteroatoms. The average molecular weight is 353 g/mol. The maximum atomic E-state index is 14.0. The van der Waals surface area contributed by atoms with Crippen molar-refractivity contribution in [1.29, 1.82) is 0 Å². The van der Waals surface area contributed by atoms with Gasteiger partial charge in [-0.1, -0.05) is 17.7 Å². The first kappa shape index (κ1) is 17.6. The van der Waals surface area contributed by atoms with Crippen molar-refractivity contribution in [3.8, 4) is 0 Å². The van der Waals surface area contributed by atoms with Crippen LogP contribution in [0.1, 0.15) is 10.4 Å². The van der Waals surface area contributed by atoms with E-state index >= 15 is 0 Å². The second kappa shape index (κ2) is 7.18. The lowest BCUT2D eigenvalue weighted by molar-refractivity contribution is -0.384. The molecule has 24 heavy (non-hydrogen) atoms. The molecule has 0 heterocycles. The maximum absolute atomic E-state index is 14.0. The summed E-state index contributed by atoms with van der Waals surface area (Å²) in [5.74, 6) is -2.52. The SMILES string of the molecule is C=CCN(C(=O)c1cc([N+](=O)[O-])ccc1Cl)c1ccc(F)cc1F. The number of non-ortho nitro benzene ring substituents is 1. The summed E-state index contributed by atoms with van der Waals surface area (Å²) in [6.45, 7) is 3.39. The molecular formula is C16H11ClF2N2O3. The van der Waals surface area contributed by atoms with Gasteiger partial charge in [-0.25, -0.2) is 8.78 Å². The Kier molecular flexibility index (Phi) is 5.25. The number of nitro groups is 1. The molecule has 124 valence electrons. The second-order valence-electron chi connectivity index (χ2n) is 4.72. The summed E-state index contributed by atoms with van der Waals surface area (Å²) in [6, 6.07) is 6.08. The number of anilines is 1. The highest BCUT2D eigenvalue weighted by Crippen LogP contribution is 2.27. The lowest BCUT2D eigenvalue weighted by Crippen LogP contribution is -2.32. The summed E-state index contributed by atoms with van der Waals surface area (Å²) >= 11 is 5.94. The molecule has 0 saturated heterocycles. The normalized spacial score (nSPS) is 10.3. The van der Waals surface area contributed by atoms with Crippen molar-refractivity contribution in [2.75, 3.05) is 11.4 Å². The van der Waals surface area contributed by atoms with Crippen LogP contribution in [0.4, 0.5) is 20.2 Å². The van der Waals surface area contributed by atoms with Crippen molar-refractivity contribution < 1.29 is 18.5 Å². The van der Waals surface area contributed by atoms with Gasteiger partial charge in [-0.05, 0) is 18.2 Å². The third-order valence-corrected chi connectivity index (χ3v) is 3.48. The third-order valence-electron chi connectivity index (χ3n) is 3.15. The number of amides is 1. The highest BCUT2D eigenvalue weighted by atomic mass is 35.5. The number of benzene rings is 2. The zero-order chi connectivity index (χ0) is 17.9. The van der Waals surface area contributed by atoms with E-state index in [2.05, 4.69) is 6.58 Å². The number of nitro benzene ring substituents is 1. The number of halogens is 3. The summed E-state index contributed by atoms with van der Waals surface area (Å²) < 4.78 is 27.1. The van der Waals surface area contributed by atoms with Gasteiger partial charge < -0.3 is 4.90 Å². The van der Waals surface area contributed by atoms with E-state index < -0.39 is 22.5 Å². The molecule has 0 bridgehead atoms.